The van der Waals surface area contributed by atoms with Crippen LogP contribution in [0.3, 0.4) is 0 Å². The van der Waals surface area contributed by atoms with E-state index in [-0.39, 0.29) is 0 Å². The summed E-state index contributed by atoms with van der Waals surface area (Å²) >= 11 is 0. The molecule has 0 bridgehead atoms. The minimum Gasteiger partial charge on any atom is -0.380 e. The lowest BCUT2D eigenvalue weighted by Crippen LogP contribution is -2.36. The van der Waals surface area contributed by atoms with Gasteiger partial charge in [-0.15, -0.1) is 0 Å². The maximum Gasteiger partial charge on any atom is 0.0693 e. The number of nitrogens with one attached hydrogen (secondary N) is 1. The van der Waals surface area contributed by atoms with Crippen LogP contribution >= 0.6 is 0 Å². The first kappa shape index (κ1) is 8.92. The molecule has 0 aliphatic heterocycles. The van der Waals surface area contributed by atoms with Crippen LogP contribution in [0.1, 0.15) is 20.8 Å². The predicted molar refractivity (Wildman–Crippen MR) is 39.6 cm³/mol. The second-order valence-corrected chi connectivity index (χ2v) is 2.29. The van der Waals surface area contributed by atoms with Gasteiger partial charge in [-0.1, -0.05) is 6.92 Å². The summed E-state index contributed by atoms with van der Waals surface area (Å²) in [4.78, 5) is 0. The van der Waals surface area contributed by atoms with Crippen LogP contribution in [-0.2, 0) is 4.74 Å². The van der Waals surface area contributed by atoms with Crippen molar-refractivity contribution < 1.29 is 4.74 Å². The Bertz CT molecular complexity index is 65.9. The van der Waals surface area contributed by atoms with Crippen LogP contribution in [0.5, 0.6) is 0 Å². The van der Waals surface area contributed by atoms with E-state index in [9.17, 15) is 0 Å². The molecule has 0 fully saturated rings. The van der Waals surface area contributed by atoms with Crippen molar-refractivity contribution in [1.29, 1.82) is 0 Å². The molecular weight excluding hydrogens is 114 g/mol. The molecule has 0 saturated heterocycles. The fraction of sp³-hybridized carbons (Fsp3) is 1.00. The van der Waals surface area contributed by atoms with Gasteiger partial charge < -0.3 is 10.1 Å². The topological polar surface area (TPSA) is 21.3 Å². The molecule has 2 heteroatoms. The summed E-state index contributed by atoms with van der Waals surface area (Å²) in [6, 6.07) is 0.458. The fourth-order valence-corrected chi connectivity index (χ4v) is 0.692. The number of hydrogen-bond donors (Lipinski definition) is 1. The van der Waals surface area contributed by atoms with Crippen molar-refractivity contribution in [3.63, 3.8) is 0 Å². The van der Waals surface area contributed by atoms with Crippen molar-refractivity contribution in [3.05, 3.63) is 0 Å². The molecule has 0 unspecified atom stereocenters. The van der Waals surface area contributed by atoms with Crippen LogP contribution in [0.15, 0.2) is 0 Å². The molecule has 0 saturated carbocycles. The zero-order valence-electron chi connectivity index (χ0n) is 6.77. The minimum absolute atomic E-state index is 0.310. The number of rotatable bonds is 4. The summed E-state index contributed by atoms with van der Waals surface area (Å²) in [5, 5.41) is 3.27. The summed E-state index contributed by atoms with van der Waals surface area (Å²) < 4.78 is 5.10. The minimum atomic E-state index is 0.310. The molecule has 2 atom stereocenters. The van der Waals surface area contributed by atoms with Crippen molar-refractivity contribution >= 4 is 0 Å². The highest BCUT2D eigenvalue weighted by molar-refractivity contribution is 4.65. The first-order valence-corrected chi connectivity index (χ1v) is 3.48. The van der Waals surface area contributed by atoms with Crippen molar-refractivity contribution in [1.82, 2.24) is 5.32 Å². The third-order valence-electron chi connectivity index (χ3n) is 1.60. The van der Waals surface area contributed by atoms with Gasteiger partial charge in [0.05, 0.1) is 6.10 Å². The van der Waals surface area contributed by atoms with E-state index < -0.39 is 0 Å². The molecular formula is C7H17NO. The van der Waals surface area contributed by atoms with Crippen LogP contribution in [0.2, 0.25) is 0 Å². The third-order valence-corrected chi connectivity index (χ3v) is 1.60. The van der Waals surface area contributed by atoms with Crippen LogP contribution in [0.4, 0.5) is 0 Å². The average Bonchev–Trinajstić information content (AvgIpc) is 1.87. The lowest BCUT2D eigenvalue weighted by atomic mass is 10.2. The largest absolute Gasteiger partial charge is 0.380 e. The molecule has 0 radical (unpaired) electrons. The summed E-state index contributed by atoms with van der Waals surface area (Å²) in [6.07, 6.45) is 0.310. The van der Waals surface area contributed by atoms with Crippen molar-refractivity contribution in [3.8, 4) is 0 Å². The SMILES string of the molecule is CCN[C@@H](C)[C@H](C)OC. The highest BCUT2D eigenvalue weighted by atomic mass is 16.5. The summed E-state index contributed by atoms with van der Waals surface area (Å²) in [6.45, 7) is 7.29. The number of hydrogen-bond acceptors (Lipinski definition) is 2. The smallest absolute Gasteiger partial charge is 0.0693 e. The zero-order chi connectivity index (χ0) is 7.28. The first-order chi connectivity index (χ1) is 4.22. The average molecular weight is 131 g/mol. The maximum absolute atomic E-state index is 5.10. The fourth-order valence-electron chi connectivity index (χ4n) is 0.692. The van der Waals surface area contributed by atoms with Crippen LogP contribution < -0.4 is 5.32 Å². The second-order valence-electron chi connectivity index (χ2n) is 2.29. The molecule has 0 amide bonds. The van der Waals surface area contributed by atoms with E-state index in [1.807, 2.05) is 0 Å². The van der Waals surface area contributed by atoms with E-state index in [0.29, 0.717) is 12.1 Å². The predicted octanol–water partition coefficient (Wildman–Crippen LogP) is 1.02. The van der Waals surface area contributed by atoms with E-state index in [0.717, 1.165) is 6.54 Å². The van der Waals surface area contributed by atoms with Crippen LogP contribution in [0, 0.1) is 0 Å². The number of methoxy groups -OCH3 is 1. The highest BCUT2D eigenvalue weighted by Crippen LogP contribution is 1.94. The Labute approximate surface area is 57.6 Å². The molecule has 0 aliphatic carbocycles. The third kappa shape index (κ3) is 3.49. The van der Waals surface area contributed by atoms with Gasteiger partial charge in [-0.3, -0.25) is 0 Å². The van der Waals surface area contributed by atoms with Gasteiger partial charge in [-0.05, 0) is 20.4 Å². The van der Waals surface area contributed by atoms with Crippen LogP contribution in [-0.4, -0.2) is 25.8 Å². The Hall–Kier alpha value is -0.0800. The monoisotopic (exact) mass is 131 g/mol. The van der Waals surface area contributed by atoms with Gasteiger partial charge >= 0.3 is 0 Å². The quantitative estimate of drug-likeness (QED) is 0.615. The Morgan fingerprint density at radius 3 is 2.33 bits per heavy atom. The lowest BCUT2D eigenvalue weighted by Gasteiger charge is -2.18. The van der Waals surface area contributed by atoms with E-state index in [2.05, 4.69) is 26.1 Å². The second kappa shape index (κ2) is 4.77. The van der Waals surface area contributed by atoms with Crippen molar-refractivity contribution in [2.75, 3.05) is 13.7 Å². The molecule has 0 aromatic carbocycles. The van der Waals surface area contributed by atoms with Crippen molar-refractivity contribution in [2.45, 2.75) is 32.9 Å². The molecule has 0 heterocycles. The van der Waals surface area contributed by atoms with Gasteiger partial charge in [-0.2, -0.15) is 0 Å². The normalized spacial score (nSPS) is 17.3. The van der Waals surface area contributed by atoms with E-state index in [4.69, 9.17) is 4.74 Å². The molecule has 0 aromatic rings. The number of ether oxygens (including phenoxy) is 1. The lowest BCUT2D eigenvalue weighted by molar-refractivity contribution is 0.0894. The van der Waals surface area contributed by atoms with E-state index >= 15 is 0 Å². The van der Waals surface area contributed by atoms with Crippen molar-refractivity contribution in [2.24, 2.45) is 0 Å². The molecule has 0 aliphatic rings. The molecule has 0 aromatic heterocycles. The Balaban J connectivity index is 3.32. The van der Waals surface area contributed by atoms with Gasteiger partial charge in [0, 0.05) is 13.2 Å². The Morgan fingerprint density at radius 2 is 2.00 bits per heavy atom. The molecule has 1 N–H and O–H groups in total. The van der Waals surface area contributed by atoms with Gasteiger partial charge in [0.2, 0.25) is 0 Å². The van der Waals surface area contributed by atoms with Gasteiger partial charge in [0.1, 0.15) is 0 Å². The van der Waals surface area contributed by atoms with E-state index in [1.54, 1.807) is 7.11 Å². The zero-order valence-corrected chi connectivity index (χ0v) is 6.77. The molecule has 2 nitrogen and oxygen atoms in total. The molecule has 56 valence electrons. The van der Waals surface area contributed by atoms with Crippen LogP contribution in [0.25, 0.3) is 0 Å². The van der Waals surface area contributed by atoms with Gasteiger partial charge in [0.15, 0.2) is 0 Å². The standard InChI is InChI=1S/C7H17NO/c1-5-8-6(2)7(3)9-4/h6-8H,5H2,1-4H3/t6-,7-/m0/s1. The van der Waals surface area contributed by atoms with Gasteiger partial charge in [0.25, 0.3) is 0 Å². The molecule has 0 spiro atoms. The Kier molecular flexibility index (Phi) is 4.72. The van der Waals surface area contributed by atoms with Gasteiger partial charge in [-0.25, -0.2) is 0 Å². The van der Waals surface area contributed by atoms with E-state index in [1.165, 1.54) is 0 Å². The molecule has 0 rings (SSSR count). The maximum atomic E-state index is 5.10. The highest BCUT2D eigenvalue weighted by Gasteiger charge is 2.07. The summed E-state index contributed by atoms with van der Waals surface area (Å²) in [7, 11) is 1.73. The Morgan fingerprint density at radius 1 is 1.44 bits per heavy atom. The first-order valence-electron chi connectivity index (χ1n) is 3.48. The summed E-state index contributed by atoms with van der Waals surface area (Å²) in [5.41, 5.74) is 0. The number of likely N-dealkylation sites (N-methyl/N-ethyl adjacent to an activating group) is 1. The molecule has 9 heavy (non-hydrogen) atoms. The summed E-state index contributed by atoms with van der Waals surface area (Å²) in [5.74, 6) is 0.